The quantitative estimate of drug-likeness (QED) is 0.811. The van der Waals surface area contributed by atoms with E-state index in [1.807, 2.05) is 24.3 Å². The predicted molar refractivity (Wildman–Crippen MR) is 70.8 cm³/mol. The second kappa shape index (κ2) is 5.27. The molecule has 0 aliphatic carbocycles. The predicted octanol–water partition coefficient (Wildman–Crippen LogP) is 0.347. The molecule has 0 radical (unpaired) electrons. The minimum Gasteiger partial charge on any atom is -0.497 e. The van der Waals surface area contributed by atoms with E-state index in [-0.39, 0.29) is 18.0 Å². The highest BCUT2D eigenvalue weighted by Crippen LogP contribution is 2.24. The second-order valence-electron chi connectivity index (χ2n) is 4.45. The summed E-state index contributed by atoms with van der Waals surface area (Å²) in [5.74, 6) is 0.795. The molecule has 3 N–H and O–H groups in total. The molecule has 1 aliphatic rings. The number of anilines is 1. The Hall–Kier alpha value is -1.75. The van der Waals surface area contributed by atoms with E-state index in [1.165, 1.54) is 0 Å². The van der Waals surface area contributed by atoms with Gasteiger partial charge in [0.05, 0.1) is 7.11 Å². The largest absolute Gasteiger partial charge is 0.497 e. The number of nitrogens with two attached hydrogens (primary N) is 1. The lowest BCUT2D eigenvalue weighted by atomic mass is 10.1. The Balaban J connectivity index is 2.29. The van der Waals surface area contributed by atoms with Gasteiger partial charge in [0.25, 0.3) is 0 Å². The molecular weight excluding hydrogens is 230 g/mol. The summed E-state index contributed by atoms with van der Waals surface area (Å²) in [7, 11) is 1.63. The monoisotopic (exact) mass is 249 g/mol. The first kappa shape index (κ1) is 12.7. The standard InChI is InChI=1S/C13H19N3O2/c1-9-8-15-13(17)12(7-14)16(9)10-3-5-11(18-2)6-4-10/h3-6,9,12H,7-8,14H2,1-2H3,(H,15,17). The van der Waals surface area contributed by atoms with E-state index in [9.17, 15) is 4.79 Å². The maximum Gasteiger partial charge on any atom is 0.244 e. The Morgan fingerprint density at radius 1 is 1.44 bits per heavy atom. The third kappa shape index (κ3) is 2.26. The fourth-order valence-electron chi connectivity index (χ4n) is 2.31. The smallest absolute Gasteiger partial charge is 0.244 e. The van der Waals surface area contributed by atoms with Crippen LogP contribution in [-0.2, 0) is 4.79 Å². The first-order chi connectivity index (χ1) is 8.67. The molecule has 1 heterocycles. The molecule has 1 saturated heterocycles. The van der Waals surface area contributed by atoms with Crippen LogP contribution in [0.25, 0.3) is 0 Å². The molecule has 0 aromatic heterocycles. The summed E-state index contributed by atoms with van der Waals surface area (Å²) in [4.78, 5) is 13.9. The summed E-state index contributed by atoms with van der Waals surface area (Å²) in [6.45, 7) is 3.02. The van der Waals surface area contributed by atoms with E-state index in [0.29, 0.717) is 13.1 Å². The number of amides is 1. The van der Waals surface area contributed by atoms with Crippen molar-refractivity contribution in [1.82, 2.24) is 5.32 Å². The first-order valence-electron chi connectivity index (χ1n) is 6.07. The lowest BCUT2D eigenvalue weighted by Crippen LogP contribution is -2.62. The fraction of sp³-hybridized carbons (Fsp3) is 0.462. The van der Waals surface area contributed by atoms with Crippen molar-refractivity contribution in [3.8, 4) is 5.75 Å². The minimum atomic E-state index is -0.304. The lowest BCUT2D eigenvalue weighted by Gasteiger charge is -2.41. The number of hydrogen-bond acceptors (Lipinski definition) is 4. The third-order valence-electron chi connectivity index (χ3n) is 3.28. The van der Waals surface area contributed by atoms with Crippen molar-refractivity contribution in [2.45, 2.75) is 19.0 Å². The molecule has 98 valence electrons. The highest BCUT2D eigenvalue weighted by atomic mass is 16.5. The summed E-state index contributed by atoms with van der Waals surface area (Å²) in [5, 5.41) is 2.87. The third-order valence-corrected chi connectivity index (χ3v) is 3.28. The van der Waals surface area contributed by atoms with Crippen molar-refractivity contribution in [2.24, 2.45) is 5.73 Å². The highest BCUT2D eigenvalue weighted by molar-refractivity contribution is 5.87. The first-order valence-corrected chi connectivity index (χ1v) is 6.07. The van der Waals surface area contributed by atoms with E-state index in [4.69, 9.17) is 10.5 Å². The SMILES string of the molecule is COc1ccc(N2C(C)CNC(=O)C2CN)cc1. The van der Waals surface area contributed by atoms with Gasteiger partial charge in [-0.1, -0.05) is 0 Å². The van der Waals surface area contributed by atoms with Crippen LogP contribution < -0.4 is 20.7 Å². The van der Waals surface area contributed by atoms with Gasteiger partial charge >= 0.3 is 0 Å². The lowest BCUT2D eigenvalue weighted by molar-refractivity contribution is -0.123. The molecule has 0 spiro atoms. The zero-order valence-electron chi connectivity index (χ0n) is 10.7. The van der Waals surface area contributed by atoms with Crippen molar-refractivity contribution < 1.29 is 9.53 Å². The molecule has 18 heavy (non-hydrogen) atoms. The average molecular weight is 249 g/mol. The number of nitrogens with one attached hydrogen (secondary N) is 1. The molecule has 5 nitrogen and oxygen atoms in total. The van der Waals surface area contributed by atoms with Crippen LogP contribution in [0, 0.1) is 0 Å². The van der Waals surface area contributed by atoms with E-state index < -0.39 is 0 Å². The van der Waals surface area contributed by atoms with Gasteiger partial charge in [-0.3, -0.25) is 4.79 Å². The van der Waals surface area contributed by atoms with Crippen LogP contribution >= 0.6 is 0 Å². The maximum absolute atomic E-state index is 11.8. The number of rotatable bonds is 3. The van der Waals surface area contributed by atoms with Crippen LogP contribution in [0.2, 0.25) is 0 Å². The van der Waals surface area contributed by atoms with Gasteiger partial charge in [0.1, 0.15) is 11.8 Å². The Bertz CT molecular complexity index is 419. The van der Waals surface area contributed by atoms with Crippen molar-refractivity contribution in [1.29, 1.82) is 0 Å². The number of methoxy groups -OCH3 is 1. The van der Waals surface area contributed by atoms with Crippen LogP contribution in [0.3, 0.4) is 0 Å². The molecule has 2 unspecified atom stereocenters. The normalized spacial score (nSPS) is 23.7. The van der Waals surface area contributed by atoms with Gasteiger partial charge in [0.2, 0.25) is 5.91 Å². The molecule has 1 aromatic rings. The number of ether oxygens (including phenoxy) is 1. The number of nitrogens with zero attached hydrogens (tertiary/aromatic N) is 1. The van der Waals surface area contributed by atoms with Crippen LogP contribution in [-0.4, -0.2) is 38.2 Å². The summed E-state index contributed by atoms with van der Waals surface area (Å²) in [6, 6.07) is 7.61. The zero-order chi connectivity index (χ0) is 13.1. The molecule has 0 saturated carbocycles. The molecule has 1 aromatic carbocycles. The number of benzene rings is 1. The molecule has 5 heteroatoms. The molecule has 2 atom stereocenters. The summed E-state index contributed by atoms with van der Waals surface area (Å²) < 4.78 is 5.14. The molecular formula is C13H19N3O2. The van der Waals surface area contributed by atoms with E-state index >= 15 is 0 Å². The van der Waals surface area contributed by atoms with Gasteiger partial charge in [-0.05, 0) is 31.2 Å². The Morgan fingerprint density at radius 3 is 2.67 bits per heavy atom. The van der Waals surface area contributed by atoms with Crippen LogP contribution in [0.5, 0.6) is 5.75 Å². The molecule has 2 rings (SSSR count). The van der Waals surface area contributed by atoms with Gasteiger partial charge in [-0.15, -0.1) is 0 Å². The van der Waals surface area contributed by atoms with Gasteiger partial charge in [0, 0.05) is 24.8 Å². The van der Waals surface area contributed by atoms with Crippen LogP contribution in [0.1, 0.15) is 6.92 Å². The van der Waals surface area contributed by atoms with Crippen molar-refractivity contribution in [2.75, 3.05) is 25.1 Å². The maximum atomic E-state index is 11.8. The fourth-order valence-corrected chi connectivity index (χ4v) is 2.31. The van der Waals surface area contributed by atoms with Gasteiger partial charge in [-0.25, -0.2) is 0 Å². The molecule has 1 amide bonds. The van der Waals surface area contributed by atoms with Gasteiger partial charge < -0.3 is 20.7 Å². The summed E-state index contributed by atoms with van der Waals surface area (Å²) in [6.07, 6.45) is 0. The molecule has 1 fully saturated rings. The number of carbonyl (C=O) groups is 1. The van der Waals surface area contributed by atoms with Crippen LogP contribution in [0.15, 0.2) is 24.3 Å². The van der Waals surface area contributed by atoms with E-state index in [2.05, 4.69) is 17.1 Å². The minimum absolute atomic E-state index is 0.00795. The van der Waals surface area contributed by atoms with E-state index in [1.54, 1.807) is 7.11 Å². The topological polar surface area (TPSA) is 67.6 Å². The van der Waals surface area contributed by atoms with Crippen molar-refractivity contribution in [3.63, 3.8) is 0 Å². The zero-order valence-corrected chi connectivity index (χ0v) is 10.7. The highest BCUT2D eigenvalue weighted by Gasteiger charge is 2.33. The number of carbonyl (C=O) groups excluding carboxylic acids is 1. The second-order valence-corrected chi connectivity index (χ2v) is 4.45. The average Bonchev–Trinajstić information content (AvgIpc) is 2.41. The Morgan fingerprint density at radius 2 is 2.11 bits per heavy atom. The van der Waals surface area contributed by atoms with Crippen molar-refractivity contribution >= 4 is 11.6 Å². The molecule has 0 bridgehead atoms. The number of hydrogen-bond donors (Lipinski definition) is 2. The van der Waals surface area contributed by atoms with Gasteiger partial charge in [-0.2, -0.15) is 0 Å². The Kier molecular flexibility index (Phi) is 3.72. The van der Waals surface area contributed by atoms with Crippen LogP contribution in [0.4, 0.5) is 5.69 Å². The van der Waals surface area contributed by atoms with Gasteiger partial charge in [0.15, 0.2) is 0 Å². The Labute approximate surface area is 107 Å². The van der Waals surface area contributed by atoms with Crippen molar-refractivity contribution in [3.05, 3.63) is 24.3 Å². The number of piperazine rings is 1. The summed E-state index contributed by atoms with van der Waals surface area (Å²) >= 11 is 0. The summed E-state index contributed by atoms with van der Waals surface area (Å²) in [5.41, 5.74) is 6.71. The van der Waals surface area contributed by atoms with E-state index in [0.717, 1.165) is 11.4 Å². The molecule has 1 aliphatic heterocycles.